The second kappa shape index (κ2) is 5.18. The summed E-state index contributed by atoms with van der Waals surface area (Å²) in [5.74, 6) is 0.340. The number of nitrogens with one attached hydrogen (secondary N) is 1. The summed E-state index contributed by atoms with van der Waals surface area (Å²) in [6.07, 6.45) is 2.17. The maximum atomic E-state index is 12.1. The summed E-state index contributed by atoms with van der Waals surface area (Å²) in [5.41, 5.74) is 2.16. The number of hydrogen-bond donors (Lipinski definition) is 2. The molecule has 1 aromatic carbocycles. The normalized spacial score (nSPS) is 16.8. The Labute approximate surface area is 119 Å². The predicted molar refractivity (Wildman–Crippen MR) is 77.8 cm³/mol. The Kier molecular flexibility index (Phi) is 3.88. The molecule has 0 aromatic heterocycles. The van der Waals surface area contributed by atoms with Gasteiger partial charge < -0.3 is 5.32 Å². The molecule has 1 saturated carbocycles. The van der Waals surface area contributed by atoms with Crippen LogP contribution in [-0.2, 0) is 14.8 Å². The standard InChI is InChI=1S/C14H20N2O3S/c1-8-6-12(20(15,18)19)7-13(9(8)2)16-14(17)10(3)11-4-5-11/h6-7,10-11H,4-5H2,1-3H3,(H,16,17)(H2,15,18,19). The zero-order valence-electron chi connectivity index (χ0n) is 11.9. The molecule has 1 fully saturated rings. The van der Waals surface area contributed by atoms with Gasteiger partial charge in [-0.2, -0.15) is 0 Å². The number of carbonyl (C=O) groups excluding carboxylic acids is 1. The fourth-order valence-corrected chi connectivity index (χ4v) is 2.80. The molecule has 1 amide bonds. The number of amides is 1. The lowest BCUT2D eigenvalue weighted by Crippen LogP contribution is -2.23. The third-order valence-electron chi connectivity index (χ3n) is 3.97. The Balaban J connectivity index is 2.30. The Morgan fingerprint density at radius 3 is 2.45 bits per heavy atom. The molecule has 110 valence electrons. The highest BCUT2D eigenvalue weighted by atomic mass is 32.2. The maximum Gasteiger partial charge on any atom is 0.238 e. The summed E-state index contributed by atoms with van der Waals surface area (Å²) in [6.45, 7) is 5.54. The summed E-state index contributed by atoms with van der Waals surface area (Å²) >= 11 is 0. The molecule has 0 saturated heterocycles. The van der Waals surface area contributed by atoms with Gasteiger partial charge in [-0.25, -0.2) is 13.6 Å². The van der Waals surface area contributed by atoms with E-state index < -0.39 is 10.0 Å². The number of benzene rings is 1. The highest BCUT2D eigenvalue weighted by Gasteiger charge is 2.32. The average molecular weight is 296 g/mol. The number of aryl methyl sites for hydroxylation is 1. The summed E-state index contributed by atoms with van der Waals surface area (Å²) in [5, 5.41) is 7.98. The van der Waals surface area contributed by atoms with Gasteiger partial charge in [0.1, 0.15) is 0 Å². The van der Waals surface area contributed by atoms with Crippen LogP contribution in [0.3, 0.4) is 0 Å². The first-order chi connectivity index (χ1) is 9.20. The van der Waals surface area contributed by atoms with Gasteiger partial charge >= 0.3 is 0 Å². The van der Waals surface area contributed by atoms with Crippen molar-refractivity contribution in [2.24, 2.45) is 17.0 Å². The molecule has 1 unspecified atom stereocenters. The summed E-state index contributed by atoms with van der Waals surface area (Å²) < 4.78 is 22.9. The van der Waals surface area contributed by atoms with E-state index in [0.29, 0.717) is 11.6 Å². The molecule has 3 N–H and O–H groups in total. The maximum absolute atomic E-state index is 12.1. The number of rotatable bonds is 4. The Bertz CT molecular complexity index is 649. The van der Waals surface area contributed by atoms with Gasteiger partial charge in [-0.1, -0.05) is 6.92 Å². The lowest BCUT2D eigenvalue weighted by atomic mass is 10.0. The quantitative estimate of drug-likeness (QED) is 0.889. The van der Waals surface area contributed by atoms with E-state index in [9.17, 15) is 13.2 Å². The van der Waals surface area contributed by atoms with Crippen LogP contribution in [0.1, 0.15) is 30.9 Å². The Morgan fingerprint density at radius 1 is 1.35 bits per heavy atom. The van der Waals surface area contributed by atoms with Crippen molar-refractivity contribution in [3.8, 4) is 0 Å². The topological polar surface area (TPSA) is 89.3 Å². The van der Waals surface area contributed by atoms with Crippen molar-refractivity contribution in [1.82, 2.24) is 0 Å². The van der Waals surface area contributed by atoms with Crippen molar-refractivity contribution in [2.75, 3.05) is 5.32 Å². The molecule has 5 nitrogen and oxygen atoms in total. The fraction of sp³-hybridized carbons (Fsp3) is 0.500. The second-order valence-electron chi connectivity index (χ2n) is 5.57. The number of nitrogens with two attached hydrogens (primary N) is 1. The SMILES string of the molecule is Cc1cc(S(N)(=O)=O)cc(NC(=O)C(C)C2CC2)c1C. The minimum absolute atomic E-state index is 0.0231. The van der Waals surface area contributed by atoms with E-state index in [1.165, 1.54) is 12.1 Å². The van der Waals surface area contributed by atoms with Crippen molar-refractivity contribution in [3.05, 3.63) is 23.3 Å². The van der Waals surface area contributed by atoms with Crippen LogP contribution in [0.2, 0.25) is 0 Å². The van der Waals surface area contributed by atoms with E-state index in [0.717, 1.165) is 24.0 Å². The monoisotopic (exact) mass is 296 g/mol. The van der Waals surface area contributed by atoms with Gasteiger partial charge in [-0.3, -0.25) is 4.79 Å². The smallest absolute Gasteiger partial charge is 0.238 e. The molecular weight excluding hydrogens is 276 g/mol. The van der Waals surface area contributed by atoms with Crippen LogP contribution in [0.5, 0.6) is 0 Å². The molecule has 0 heterocycles. The highest BCUT2D eigenvalue weighted by molar-refractivity contribution is 7.89. The van der Waals surface area contributed by atoms with Gasteiger partial charge in [0.2, 0.25) is 15.9 Å². The van der Waals surface area contributed by atoms with E-state index in [4.69, 9.17) is 5.14 Å². The zero-order chi connectivity index (χ0) is 15.1. The minimum Gasteiger partial charge on any atom is -0.326 e. The van der Waals surface area contributed by atoms with Crippen LogP contribution in [-0.4, -0.2) is 14.3 Å². The first-order valence-electron chi connectivity index (χ1n) is 6.65. The van der Waals surface area contributed by atoms with Crippen LogP contribution in [0.15, 0.2) is 17.0 Å². The molecule has 1 aromatic rings. The molecule has 1 atom stereocenters. The highest BCUT2D eigenvalue weighted by Crippen LogP contribution is 2.37. The van der Waals surface area contributed by atoms with Gasteiger partial charge in [-0.15, -0.1) is 0 Å². The number of hydrogen-bond acceptors (Lipinski definition) is 3. The van der Waals surface area contributed by atoms with Crippen LogP contribution >= 0.6 is 0 Å². The lowest BCUT2D eigenvalue weighted by molar-refractivity contribution is -0.119. The van der Waals surface area contributed by atoms with Gasteiger partial charge in [-0.05, 0) is 55.9 Å². The van der Waals surface area contributed by atoms with E-state index in [-0.39, 0.29) is 16.7 Å². The van der Waals surface area contributed by atoms with Gasteiger partial charge in [0.15, 0.2) is 0 Å². The van der Waals surface area contributed by atoms with Gasteiger partial charge in [0, 0.05) is 11.6 Å². The summed E-state index contributed by atoms with van der Waals surface area (Å²) in [6, 6.07) is 2.94. The third kappa shape index (κ3) is 3.19. The molecule has 0 radical (unpaired) electrons. The van der Waals surface area contributed by atoms with Crippen molar-refractivity contribution in [3.63, 3.8) is 0 Å². The van der Waals surface area contributed by atoms with Crippen LogP contribution in [0.4, 0.5) is 5.69 Å². The van der Waals surface area contributed by atoms with Crippen molar-refractivity contribution < 1.29 is 13.2 Å². The molecule has 0 spiro atoms. The van der Waals surface area contributed by atoms with Gasteiger partial charge in [0.05, 0.1) is 4.90 Å². The molecule has 2 rings (SSSR count). The molecular formula is C14H20N2O3S. The largest absolute Gasteiger partial charge is 0.326 e. The average Bonchev–Trinajstić information content (AvgIpc) is 3.16. The zero-order valence-corrected chi connectivity index (χ0v) is 12.8. The molecule has 0 aliphatic heterocycles. The number of sulfonamides is 1. The van der Waals surface area contributed by atoms with Crippen LogP contribution < -0.4 is 10.5 Å². The minimum atomic E-state index is -3.78. The van der Waals surface area contributed by atoms with E-state index >= 15 is 0 Å². The summed E-state index contributed by atoms with van der Waals surface area (Å²) in [4.78, 5) is 12.1. The number of anilines is 1. The number of carbonyl (C=O) groups is 1. The van der Waals surface area contributed by atoms with Crippen LogP contribution in [0, 0.1) is 25.7 Å². The van der Waals surface area contributed by atoms with Gasteiger partial charge in [0.25, 0.3) is 0 Å². The number of primary sulfonamides is 1. The molecule has 20 heavy (non-hydrogen) atoms. The van der Waals surface area contributed by atoms with Crippen LogP contribution in [0.25, 0.3) is 0 Å². The first kappa shape index (κ1) is 15.0. The van der Waals surface area contributed by atoms with E-state index in [2.05, 4.69) is 5.32 Å². The van der Waals surface area contributed by atoms with Crippen molar-refractivity contribution in [2.45, 2.75) is 38.5 Å². The van der Waals surface area contributed by atoms with Crippen molar-refractivity contribution >= 4 is 21.6 Å². The second-order valence-corrected chi connectivity index (χ2v) is 7.13. The Hall–Kier alpha value is -1.40. The molecule has 0 bridgehead atoms. The molecule has 1 aliphatic carbocycles. The molecule has 6 heteroatoms. The predicted octanol–water partition coefficient (Wildman–Crippen LogP) is 1.94. The molecule has 1 aliphatic rings. The lowest BCUT2D eigenvalue weighted by Gasteiger charge is -2.15. The summed E-state index contributed by atoms with van der Waals surface area (Å²) in [7, 11) is -3.78. The fourth-order valence-electron chi connectivity index (χ4n) is 2.18. The van der Waals surface area contributed by atoms with E-state index in [1.807, 2.05) is 13.8 Å². The van der Waals surface area contributed by atoms with Crippen molar-refractivity contribution in [1.29, 1.82) is 0 Å². The third-order valence-corrected chi connectivity index (χ3v) is 4.86. The first-order valence-corrected chi connectivity index (χ1v) is 8.19. The van der Waals surface area contributed by atoms with E-state index in [1.54, 1.807) is 6.92 Å². The Morgan fingerprint density at radius 2 is 1.95 bits per heavy atom.